The number of rotatable bonds is 10. The van der Waals surface area contributed by atoms with Gasteiger partial charge in [0, 0.05) is 18.8 Å². The van der Waals surface area contributed by atoms with E-state index in [2.05, 4.69) is 5.32 Å². The molecule has 0 saturated carbocycles. The van der Waals surface area contributed by atoms with E-state index in [4.69, 9.17) is 14.2 Å². The maximum absolute atomic E-state index is 12.9. The van der Waals surface area contributed by atoms with Crippen LogP contribution in [0.25, 0.3) is 6.08 Å². The van der Waals surface area contributed by atoms with Gasteiger partial charge < -0.3 is 24.4 Å². The second-order valence-corrected chi connectivity index (χ2v) is 9.78. The summed E-state index contributed by atoms with van der Waals surface area (Å²) >= 11 is 0.769. The van der Waals surface area contributed by atoms with Crippen molar-refractivity contribution in [1.82, 2.24) is 9.80 Å². The summed E-state index contributed by atoms with van der Waals surface area (Å²) in [4.78, 5) is 53.2. The van der Waals surface area contributed by atoms with Crippen LogP contribution in [0.3, 0.4) is 0 Å². The molecule has 2 aromatic carbocycles. The van der Waals surface area contributed by atoms with E-state index in [1.165, 1.54) is 0 Å². The number of carbonyl (C=O) groups is 4. The lowest BCUT2D eigenvalue weighted by Crippen LogP contribution is -2.43. The third kappa shape index (κ3) is 7.39. The number of imide groups is 1. The van der Waals surface area contributed by atoms with Crippen molar-refractivity contribution in [3.05, 3.63) is 58.5 Å². The molecule has 2 saturated heterocycles. The van der Waals surface area contributed by atoms with Gasteiger partial charge >= 0.3 is 0 Å². The van der Waals surface area contributed by atoms with Gasteiger partial charge in [0.05, 0.1) is 24.7 Å². The molecule has 2 aliphatic heterocycles. The molecule has 4 amide bonds. The van der Waals surface area contributed by atoms with Gasteiger partial charge in [-0.3, -0.25) is 24.1 Å². The first-order valence-electron chi connectivity index (χ1n) is 12.8. The van der Waals surface area contributed by atoms with Crippen LogP contribution >= 0.6 is 11.8 Å². The summed E-state index contributed by atoms with van der Waals surface area (Å²) in [5, 5.41) is 2.20. The predicted molar refractivity (Wildman–Crippen MR) is 148 cm³/mol. The molecule has 0 spiro atoms. The molecule has 2 heterocycles. The summed E-state index contributed by atoms with van der Waals surface area (Å²) in [6, 6.07) is 12.4. The first kappa shape index (κ1) is 28.2. The van der Waals surface area contributed by atoms with E-state index in [1.54, 1.807) is 41.3 Å². The molecule has 2 fully saturated rings. The fourth-order valence-corrected chi connectivity index (χ4v) is 4.84. The monoisotopic (exact) mass is 553 g/mol. The van der Waals surface area contributed by atoms with E-state index in [0.29, 0.717) is 55.7 Å². The van der Waals surface area contributed by atoms with Crippen molar-refractivity contribution in [2.24, 2.45) is 0 Å². The molecule has 0 unspecified atom stereocenters. The number of thioether (sulfide) groups is 1. The number of nitrogens with one attached hydrogen (secondary N) is 1. The molecule has 0 bridgehead atoms. The van der Waals surface area contributed by atoms with E-state index in [1.807, 2.05) is 26.0 Å². The van der Waals surface area contributed by atoms with Crippen LogP contribution in [-0.2, 0) is 25.5 Å². The number of aryl methyl sites for hydroxylation is 1. The molecule has 206 valence electrons. The van der Waals surface area contributed by atoms with Gasteiger partial charge in [0.25, 0.3) is 17.1 Å². The Morgan fingerprint density at radius 3 is 2.46 bits per heavy atom. The molecular weight excluding hydrogens is 522 g/mol. The standard InChI is InChI=1S/C28H31N3O7S/c1-3-19-5-8-21(9-6-19)29-25(32)17-31-27(34)24(39-28(31)35)16-20-7-10-22(23(15-20)37-4-2)38-18-26(33)30-11-13-36-14-12-30/h5-10,15-16H,3-4,11-14,17-18H2,1-2H3,(H,29,32)/b24-16-. The number of nitrogens with zero attached hydrogens (tertiary/aromatic N) is 2. The SMILES string of the molecule is CCOc1cc(/C=C2\SC(=O)N(CC(=O)Nc3ccc(CC)cc3)C2=O)ccc1OCC(=O)N1CCOCC1. The zero-order valence-corrected chi connectivity index (χ0v) is 22.8. The molecular formula is C28H31N3O7S. The topological polar surface area (TPSA) is 114 Å². The van der Waals surface area contributed by atoms with Crippen molar-refractivity contribution in [2.45, 2.75) is 20.3 Å². The first-order chi connectivity index (χ1) is 18.9. The summed E-state index contributed by atoms with van der Waals surface area (Å²) in [6.45, 7) is 5.78. The van der Waals surface area contributed by atoms with Crippen molar-refractivity contribution in [2.75, 3.05) is 51.4 Å². The Kier molecular flexibility index (Phi) is 9.61. The summed E-state index contributed by atoms with van der Waals surface area (Å²) in [6.07, 6.45) is 2.45. The Balaban J connectivity index is 1.39. The van der Waals surface area contributed by atoms with Crippen molar-refractivity contribution < 1.29 is 33.4 Å². The van der Waals surface area contributed by atoms with Crippen LogP contribution in [-0.4, -0.2) is 78.8 Å². The summed E-state index contributed by atoms with van der Waals surface area (Å²) in [5.41, 5.74) is 2.34. The normalized spacial score (nSPS) is 16.5. The van der Waals surface area contributed by atoms with Gasteiger partial charge in [-0.1, -0.05) is 25.1 Å². The van der Waals surface area contributed by atoms with Crippen LogP contribution in [0.5, 0.6) is 11.5 Å². The molecule has 4 rings (SSSR count). The number of amides is 4. The third-order valence-electron chi connectivity index (χ3n) is 6.10. The van der Waals surface area contributed by atoms with E-state index >= 15 is 0 Å². The smallest absolute Gasteiger partial charge is 0.294 e. The summed E-state index contributed by atoms with van der Waals surface area (Å²) < 4.78 is 16.7. The van der Waals surface area contributed by atoms with Crippen LogP contribution in [0.1, 0.15) is 25.0 Å². The lowest BCUT2D eigenvalue weighted by atomic mass is 10.1. The van der Waals surface area contributed by atoms with Gasteiger partial charge in [-0.15, -0.1) is 0 Å². The van der Waals surface area contributed by atoms with Crippen molar-refractivity contribution in [3.63, 3.8) is 0 Å². The number of hydrogen-bond acceptors (Lipinski definition) is 8. The molecule has 2 aliphatic rings. The minimum Gasteiger partial charge on any atom is -0.490 e. The van der Waals surface area contributed by atoms with Crippen LogP contribution < -0.4 is 14.8 Å². The zero-order valence-electron chi connectivity index (χ0n) is 21.9. The lowest BCUT2D eigenvalue weighted by Gasteiger charge is -2.26. The second kappa shape index (κ2) is 13.3. The van der Waals surface area contributed by atoms with Gasteiger partial charge in [0.2, 0.25) is 5.91 Å². The molecule has 0 atom stereocenters. The average Bonchev–Trinajstić information content (AvgIpc) is 3.20. The highest BCUT2D eigenvalue weighted by Crippen LogP contribution is 2.34. The Morgan fingerprint density at radius 2 is 1.77 bits per heavy atom. The Labute approximate surface area is 231 Å². The molecule has 2 aromatic rings. The average molecular weight is 554 g/mol. The van der Waals surface area contributed by atoms with Crippen molar-refractivity contribution >= 4 is 46.5 Å². The summed E-state index contributed by atoms with van der Waals surface area (Å²) in [5.74, 6) is -0.341. The van der Waals surface area contributed by atoms with Crippen LogP contribution in [0, 0.1) is 0 Å². The molecule has 0 radical (unpaired) electrons. The Hall–Kier alpha value is -3.83. The third-order valence-corrected chi connectivity index (χ3v) is 7.01. The zero-order chi connectivity index (χ0) is 27.8. The highest BCUT2D eigenvalue weighted by Gasteiger charge is 2.36. The number of benzene rings is 2. The number of hydrogen-bond donors (Lipinski definition) is 1. The molecule has 0 aromatic heterocycles. The van der Waals surface area contributed by atoms with Gasteiger partial charge in [0.1, 0.15) is 6.54 Å². The fraction of sp³-hybridized carbons (Fsp3) is 0.357. The van der Waals surface area contributed by atoms with E-state index in [0.717, 1.165) is 28.6 Å². The van der Waals surface area contributed by atoms with Crippen molar-refractivity contribution in [1.29, 1.82) is 0 Å². The molecule has 10 nitrogen and oxygen atoms in total. The first-order valence-corrected chi connectivity index (χ1v) is 13.6. The number of carbonyl (C=O) groups excluding carboxylic acids is 4. The minimum absolute atomic E-state index is 0.136. The maximum Gasteiger partial charge on any atom is 0.294 e. The number of morpholine rings is 1. The van der Waals surface area contributed by atoms with E-state index < -0.39 is 17.1 Å². The van der Waals surface area contributed by atoms with Gasteiger partial charge in [-0.2, -0.15) is 0 Å². The molecule has 39 heavy (non-hydrogen) atoms. The van der Waals surface area contributed by atoms with Crippen LogP contribution in [0.4, 0.5) is 10.5 Å². The Bertz CT molecular complexity index is 1260. The molecule has 0 aliphatic carbocycles. The van der Waals surface area contributed by atoms with Gasteiger partial charge in [-0.25, -0.2) is 0 Å². The van der Waals surface area contributed by atoms with Gasteiger partial charge in [0.15, 0.2) is 18.1 Å². The maximum atomic E-state index is 12.9. The quantitative estimate of drug-likeness (QED) is 0.445. The highest BCUT2D eigenvalue weighted by atomic mass is 32.2. The molecule has 1 N–H and O–H groups in total. The van der Waals surface area contributed by atoms with Crippen LogP contribution in [0.2, 0.25) is 0 Å². The number of anilines is 1. The van der Waals surface area contributed by atoms with Crippen LogP contribution in [0.15, 0.2) is 47.4 Å². The predicted octanol–water partition coefficient (Wildman–Crippen LogP) is 3.56. The minimum atomic E-state index is -0.545. The lowest BCUT2D eigenvalue weighted by molar-refractivity contribution is -0.137. The highest BCUT2D eigenvalue weighted by molar-refractivity contribution is 8.18. The van der Waals surface area contributed by atoms with Crippen molar-refractivity contribution in [3.8, 4) is 11.5 Å². The van der Waals surface area contributed by atoms with E-state index in [9.17, 15) is 19.2 Å². The molecule has 11 heteroatoms. The largest absolute Gasteiger partial charge is 0.490 e. The second-order valence-electron chi connectivity index (χ2n) is 8.79. The van der Waals surface area contributed by atoms with E-state index in [-0.39, 0.29) is 24.0 Å². The number of ether oxygens (including phenoxy) is 3. The van der Waals surface area contributed by atoms with Gasteiger partial charge in [-0.05, 0) is 66.6 Å². The Morgan fingerprint density at radius 1 is 1.03 bits per heavy atom. The fourth-order valence-electron chi connectivity index (χ4n) is 4.00. The summed E-state index contributed by atoms with van der Waals surface area (Å²) in [7, 11) is 0.